The molecule has 1 aromatic rings. The van der Waals surface area contributed by atoms with Crippen molar-refractivity contribution in [1.82, 2.24) is 4.90 Å². The van der Waals surface area contributed by atoms with E-state index in [-0.39, 0.29) is 11.8 Å². The van der Waals surface area contributed by atoms with Crippen LogP contribution in [0.4, 0.5) is 5.69 Å². The highest BCUT2D eigenvalue weighted by atomic mass is 16.5. The Labute approximate surface area is 143 Å². The summed E-state index contributed by atoms with van der Waals surface area (Å²) in [6, 6.07) is 6.42. The topological polar surface area (TPSA) is 49.9 Å². The molecule has 2 amide bonds. The summed E-state index contributed by atoms with van der Waals surface area (Å²) >= 11 is 0. The first-order valence-corrected chi connectivity index (χ1v) is 8.75. The molecule has 3 rings (SSSR count). The molecule has 2 heterocycles. The van der Waals surface area contributed by atoms with Crippen LogP contribution < -0.4 is 4.90 Å². The van der Waals surface area contributed by atoms with Crippen LogP contribution in [0.2, 0.25) is 0 Å². The molecule has 2 aliphatic heterocycles. The second kappa shape index (κ2) is 7.34. The number of ether oxygens (including phenoxy) is 1. The Hall–Kier alpha value is -1.88. The number of hydrogen-bond acceptors (Lipinski definition) is 3. The number of aryl methyl sites for hydroxylation is 1. The molecule has 130 valence electrons. The van der Waals surface area contributed by atoms with Gasteiger partial charge in [-0.05, 0) is 42.4 Å². The fraction of sp³-hybridized carbons (Fsp3) is 0.579. The normalized spacial score (nSPS) is 20.4. The van der Waals surface area contributed by atoms with Crippen LogP contribution in [0.5, 0.6) is 0 Å². The van der Waals surface area contributed by atoms with Crippen LogP contribution in [0.3, 0.4) is 0 Å². The van der Waals surface area contributed by atoms with E-state index >= 15 is 0 Å². The zero-order chi connectivity index (χ0) is 17.1. The Balaban J connectivity index is 1.67. The fourth-order valence-electron chi connectivity index (χ4n) is 3.85. The van der Waals surface area contributed by atoms with E-state index in [1.807, 2.05) is 9.80 Å². The minimum Gasteiger partial charge on any atom is -0.383 e. The van der Waals surface area contributed by atoms with Crippen LogP contribution in [0.25, 0.3) is 0 Å². The van der Waals surface area contributed by atoms with Crippen LogP contribution in [0.15, 0.2) is 18.2 Å². The molecule has 5 nitrogen and oxygen atoms in total. The lowest BCUT2D eigenvalue weighted by atomic mass is 9.93. The molecule has 0 spiro atoms. The molecule has 1 atom stereocenters. The van der Waals surface area contributed by atoms with E-state index in [4.69, 9.17) is 4.74 Å². The van der Waals surface area contributed by atoms with Crippen LogP contribution in [0, 0.1) is 5.92 Å². The van der Waals surface area contributed by atoms with Crippen molar-refractivity contribution in [2.45, 2.75) is 32.6 Å². The summed E-state index contributed by atoms with van der Waals surface area (Å²) in [6.07, 6.45) is 3.59. The summed E-state index contributed by atoms with van der Waals surface area (Å²) in [5, 5.41) is 0. The molecule has 0 aromatic heterocycles. The largest absolute Gasteiger partial charge is 0.383 e. The number of nitrogens with zero attached hydrogens (tertiary/aromatic N) is 2. The van der Waals surface area contributed by atoms with Crippen LogP contribution in [-0.4, -0.2) is 50.1 Å². The van der Waals surface area contributed by atoms with Crippen molar-refractivity contribution >= 4 is 17.5 Å². The van der Waals surface area contributed by atoms with Crippen LogP contribution >= 0.6 is 0 Å². The fourth-order valence-corrected chi connectivity index (χ4v) is 3.85. The molecule has 5 heteroatoms. The molecule has 0 N–H and O–H groups in total. The van der Waals surface area contributed by atoms with Crippen molar-refractivity contribution in [3.8, 4) is 0 Å². The summed E-state index contributed by atoms with van der Waals surface area (Å²) in [6.45, 7) is 4.54. The van der Waals surface area contributed by atoms with Crippen molar-refractivity contribution < 1.29 is 14.3 Å². The van der Waals surface area contributed by atoms with Crippen LogP contribution in [0.1, 0.15) is 30.9 Å². The summed E-state index contributed by atoms with van der Waals surface area (Å²) in [4.78, 5) is 27.6. The monoisotopic (exact) mass is 330 g/mol. The number of rotatable bonds is 5. The second-order valence-corrected chi connectivity index (χ2v) is 6.84. The van der Waals surface area contributed by atoms with Crippen molar-refractivity contribution in [3.63, 3.8) is 0 Å². The van der Waals surface area contributed by atoms with Crippen molar-refractivity contribution in [1.29, 1.82) is 0 Å². The van der Waals surface area contributed by atoms with Crippen molar-refractivity contribution in [3.05, 3.63) is 29.3 Å². The van der Waals surface area contributed by atoms with E-state index in [2.05, 4.69) is 18.2 Å². The molecule has 24 heavy (non-hydrogen) atoms. The zero-order valence-corrected chi connectivity index (χ0v) is 14.6. The molecule has 1 aromatic carbocycles. The molecule has 0 aliphatic carbocycles. The van der Waals surface area contributed by atoms with Gasteiger partial charge in [0.05, 0.1) is 6.61 Å². The number of hydrogen-bond donors (Lipinski definition) is 0. The standard InChI is InChI=1S/C19H26N2O3/c1-14(22)21-7-3-4-17-11-15(5-6-18(17)21)10-16-12-19(23)20(13-16)8-9-24-2/h5-6,11,16H,3-4,7-10,12-13H2,1-2H3/t16-/m1/s1. The van der Waals surface area contributed by atoms with E-state index in [9.17, 15) is 9.59 Å². The Morgan fingerprint density at radius 1 is 1.38 bits per heavy atom. The average Bonchev–Trinajstić information content (AvgIpc) is 2.91. The maximum Gasteiger partial charge on any atom is 0.223 e. The number of methoxy groups -OCH3 is 1. The number of fused-ring (bicyclic) bond motifs is 1. The smallest absolute Gasteiger partial charge is 0.223 e. The van der Waals surface area contributed by atoms with Crippen LogP contribution in [-0.2, 0) is 27.2 Å². The van der Waals surface area contributed by atoms with Gasteiger partial charge in [0.2, 0.25) is 11.8 Å². The molecular weight excluding hydrogens is 304 g/mol. The molecule has 0 bridgehead atoms. The summed E-state index contributed by atoms with van der Waals surface area (Å²) < 4.78 is 5.07. The van der Waals surface area contributed by atoms with Crippen molar-refractivity contribution in [2.75, 3.05) is 38.3 Å². The van der Waals surface area contributed by atoms with Gasteiger partial charge in [-0.3, -0.25) is 9.59 Å². The molecule has 1 fully saturated rings. The summed E-state index contributed by atoms with van der Waals surface area (Å²) in [7, 11) is 1.66. The Morgan fingerprint density at radius 3 is 2.96 bits per heavy atom. The summed E-state index contributed by atoms with van der Waals surface area (Å²) in [5.74, 6) is 0.719. The van der Waals surface area contributed by atoms with Gasteiger partial charge in [0.1, 0.15) is 0 Å². The average molecular weight is 330 g/mol. The first kappa shape index (κ1) is 17.0. The minimum absolute atomic E-state index is 0.110. The number of carbonyl (C=O) groups excluding carboxylic acids is 2. The first-order valence-electron chi connectivity index (χ1n) is 8.75. The zero-order valence-electron chi connectivity index (χ0n) is 14.6. The highest BCUT2D eigenvalue weighted by molar-refractivity contribution is 5.92. The lowest BCUT2D eigenvalue weighted by Gasteiger charge is -2.29. The SMILES string of the molecule is COCCN1C[C@H](Cc2ccc3c(c2)CCCN3C(C)=O)CC1=O. The lowest BCUT2D eigenvalue weighted by molar-refractivity contribution is -0.128. The second-order valence-electron chi connectivity index (χ2n) is 6.84. The van der Waals surface area contributed by atoms with E-state index in [0.717, 1.165) is 38.0 Å². The number of carbonyl (C=O) groups is 2. The number of anilines is 1. The van der Waals surface area contributed by atoms with Gasteiger partial charge in [0, 0.05) is 45.8 Å². The maximum atomic E-state index is 12.1. The molecule has 2 aliphatic rings. The van der Waals surface area contributed by atoms with E-state index in [1.165, 1.54) is 11.1 Å². The predicted molar refractivity (Wildman–Crippen MR) is 93.1 cm³/mol. The highest BCUT2D eigenvalue weighted by Crippen LogP contribution is 2.30. The van der Waals surface area contributed by atoms with Gasteiger partial charge in [-0.25, -0.2) is 0 Å². The molecule has 0 radical (unpaired) electrons. The number of likely N-dealkylation sites (tertiary alicyclic amines) is 1. The van der Waals surface area contributed by atoms with Gasteiger partial charge in [-0.1, -0.05) is 12.1 Å². The Bertz CT molecular complexity index is 629. The van der Waals surface area contributed by atoms with Gasteiger partial charge in [0.25, 0.3) is 0 Å². The third-order valence-corrected chi connectivity index (χ3v) is 5.03. The van der Waals surface area contributed by atoms with E-state index in [0.29, 0.717) is 25.5 Å². The van der Waals surface area contributed by atoms with Gasteiger partial charge >= 0.3 is 0 Å². The van der Waals surface area contributed by atoms with Gasteiger partial charge in [-0.2, -0.15) is 0 Å². The highest BCUT2D eigenvalue weighted by Gasteiger charge is 2.29. The maximum absolute atomic E-state index is 12.1. The van der Waals surface area contributed by atoms with E-state index < -0.39 is 0 Å². The third-order valence-electron chi connectivity index (χ3n) is 5.03. The van der Waals surface area contributed by atoms with Gasteiger partial charge < -0.3 is 14.5 Å². The number of amides is 2. The predicted octanol–water partition coefficient (Wildman–Crippen LogP) is 2.02. The molecule has 0 unspecified atom stereocenters. The minimum atomic E-state index is 0.110. The van der Waals surface area contributed by atoms with E-state index in [1.54, 1.807) is 14.0 Å². The Kier molecular flexibility index (Phi) is 5.19. The van der Waals surface area contributed by atoms with Crippen molar-refractivity contribution in [2.24, 2.45) is 5.92 Å². The van der Waals surface area contributed by atoms with Gasteiger partial charge in [0.15, 0.2) is 0 Å². The quantitative estimate of drug-likeness (QED) is 0.830. The molecule has 1 saturated heterocycles. The third kappa shape index (κ3) is 3.61. The Morgan fingerprint density at radius 2 is 2.21 bits per heavy atom. The van der Waals surface area contributed by atoms with Gasteiger partial charge in [-0.15, -0.1) is 0 Å². The molecule has 0 saturated carbocycles. The lowest BCUT2D eigenvalue weighted by Crippen LogP contribution is -2.33. The first-order chi connectivity index (χ1) is 11.6. The summed E-state index contributed by atoms with van der Waals surface area (Å²) in [5.41, 5.74) is 3.58. The molecular formula is C19H26N2O3. The number of benzene rings is 1.